The second kappa shape index (κ2) is 6.31. The highest BCUT2D eigenvalue weighted by Crippen LogP contribution is 2.04. The van der Waals surface area contributed by atoms with Crippen LogP contribution in [0, 0.1) is 6.92 Å². The fraction of sp³-hybridized carbons (Fsp3) is 0.429. The zero-order valence-electron chi connectivity index (χ0n) is 11.0. The summed E-state index contributed by atoms with van der Waals surface area (Å²) in [6.45, 7) is 5.88. The van der Waals surface area contributed by atoms with Gasteiger partial charge in [0.1, 0.15) is 5.82 Å². The van der Waals surface area contributed by atoms with Gasteiger partial charge in [0.25, 0.3) is 0 Å². The van der Waals surface area contributed by atoms with Gasteiger partial charge in [-0.05, 0) is 24.5 Å². The number of nitrogens with one attached hydrogen (secondary N) is 2. The van der Waals surface area contributed by atoms with E-state index in [1.165, 1.54) is 11.1 Å². The van der Waals surface area contributed by atoms with Crippen molar-refractivity contribution >= 4 is 0 Å². The minimum absolute atomic E-state index is 0.859. The molecule has 1 aromatic heterocycles. The van der Waals surface area contributed by atoms with Gasteiger partial charge in [-0.3, -0.25) is 5.10 Å². The van der Waals surface area contributed by atoms with Crippen LogP contribution in [0.5, 0.6) is 0 Å². The summed E-state index contributed by atoms with van der Waals surface area (Å²) >= 11 is 0. The van der Waals surface area contributed by atoms with E-state index >= 15 is 0 Å². The van der Waals surface area contributed by atoms with Crippen molar-refractivity contribution in [2.24, 2.45) is 0 Å². The highest BCUT2D eigenvalue weighted by Gasteiger charge is 1.99. The SMILES string of the molecule is CCc1ccc(CNCCc2n[nH]c(C)n2)cc1. The van der Waals surface area contributed by atoms with Crippen molar-refractivity contribution in [3.8, 4) is 0 Å². The summed E-state index contributed by atoms with van der Waals surface area (Å²) < 4.78 is 0. The summed E-state index contributed by atoms with van der Waals surface area (Å²) in [4.78, 5) is 4.27. The largest absolute Gasteiger partial charge is 0.312 e. The Kier molecular flexibility index (Phi) is 4.47. The Balaban J connectivity index is 1.71. The van der Waals surface area contributed by atoms with E-state index < -0.39 is 0 Å². The molecule has 0 aliphatic rings. The second-order valence-corrected chi connectivity index (χ2v) is 4.43. The summed E-state index contributed by atoms with van der Waals surface area (Å²) in [6, 6.07) is 8.75. The molecule has 0 saturated heterocycles. The van der Waals surface area contributed by atoms with E-state index in [1.54, 1.807) is 0 Å². The van der Waals surface area contributed by atoms with Crippen LogP contribution >= 0.6 is 0 Å². The average molecular weight is 244 g/mol. The molecule has 18 heavy (non-hydrogen) atoms. The van der Waals surface area contributed by atoms with Gasteiger partial charge in [0.05, 0.1) is 0 Å². The molecule has 0 amide bonds. The molecule has 0 bridgehead atoms. The van der Waals surface area contributed by atoms with E-state index in [0.717, 1.165) is 37.6 Å². The fourth-order valence-electron chi connectivity index (χ4n) is 1.83. The molecule has 0 saturated carbocycles. The Bertz CT molecular complexity index is 473. The quantitative estimate of drug-likeness (QED) is 0.764. The van der Waals surface area contributed by atoms with E-state index in [4.69, 9.17) is 0 Å². The molecule has 4 heteroatoms. The molecule has 2 aromatic rings. The van der Waals surface area contributed by atoms with Crippen molar-refractivity contribution in [2.75, 3.05) is 6.54 Å². The number of benzene rings is 1. The Morgan fingerprint density at radius 1 is 1.17 bits per heavy atom. The minimum Gasteiger partial charge on any atom is -0.312 e. The standard InChI is InChI=1S/C14H20N4/c1-3-12-4-6-13(7-5-12)10-15-9-8-14-16-11(2)17-18-14/h4-7,15H,3,8-10H2,1-2H3,(H,16,17,18). The molecule has 0 radical (unpaired) electrons. The summed E-state index contributed by atoms with van der Waals surface area (Å²) in [5.41, 5.74) is 2.70. The lowest BCUT2D eigenvalue weighted by molar-refractivity contribution is 0.671. The maximum Gasteiger partial charge on any atom is 0.151 e. The monoisotopic (exact) mass is 244 g/mol. The fourth-order valence-corrected chi connectivity index (χ4v) is 1.83. The van der Waals surface area contributed by atoms with Crippen molar-refractivity contribution < 1.29 is 0 Å². The molecule has 4 nitrogen and oxygen atoms in total. The van der Waals surface area contributed by atoms with Gasteiger partial charge in [-0.1, -0.05) is 31.2 Å². The number of hydrogen-bond donors (Lipinski definition) is 2. The van der Waals surface area contributed by atoms with E-state index in [-0.39, 0.29) is 0 Å². The van der Waals surface area contributed by atoms with Gasteiger partial charge in [0.2, 0.25) is 0 Å². The third-order valence-corrected chi connectivity index (χ3v) is 2.93. The number of H-pyrrole nitrogens is 1. The summed E-state index contributed by atoms with van der Waals surface area (Å²) in [5.74, 6) is 1.75. The molecule has 2 rings (SSSR count). The van der Waals surface area contributed by atoms with Crippen molar-refractivity contribution in [1.29, 1.82) is 0 Å². The normalized spacial score (nSPS) is 10.8. The first-order valence-corrected chi connectivity index (χ1v) is 6.44. The maximum atomic E-state index is 4.27. The topological polar surface area (TPSA) is 53.6 Å². The number of aromatic amines is 1. The highest BCUT2D eigenvalue weighted by molar-refractivity contribution is 5.22. The third-order valence-electron chi connectivity index (χ3n) is 2.93. The lowest BCUT2D eigenvalue weighted by Gasteiger charge is -2.04. The zero-order chi connectivity index (χ0) is 12.8. The average Bonchev–Trinajstić information content (AvgIpc) is 2.81. The Morgan fingerprint density at radius 3 is 2.50 bits per heavy atom. The summed E-state index contributed by atoms with van der Waals surface area (Å²) in [5, 5.41) is 10.4. The molecule has 96 valence electrons. The van der Waals surface area contributed by atoms with Crippen molar-refractivity contribution in [3.63, 3.8) is 0 Å². The van der Waals surface area contributed by atoms with Crippen LogP contribution in [0.1, 0.15) is 29.7 Å². The van der Waals surface area contributed by atoms with Gasteiger partial charge in [-0.2, -0.15) is 5.10 Å². The Labute approximate surface area is 108 Å². The Hall–Kier alpha value is -1.68. The molecule has 0 fully saturated rings. The predicted molar refractivity (Wildman–Crippen MR) is 72.4 cm³/mol. The number of aryl methyl sites for hydroxylation is 2. The van der Waals surface area contributed by atoms with E-state index in [1.807, 2.05) is 6.92 Å². The molecule has 0 unspecified atom stereocenters. The first-order chi connectivity index (χ1) is 8.78. The Morgan fingerprint density at radius 2 is 1.89 bits per heavy atom. The molecule has 0 atom stereocenters. The lowest BCUT2D eigenvalue weighted by Crippen LogP contribution is -2.17. The van der Waals surface area contributed by atoms with E-state index in [9.17, 15) is 0 Å². The lowest BCUT2D eigenvalue weighted by atomic mass is 10.1. The van der Waals surface area contributed by atoms with E-state index in [0.29, 0.717) is 0 Å². The van der Waals surface area contributed by atoms with Crippen LogP contribution in [-0.4, -0.2) is 21.7 Å². The first-order valence-electron chi connectivity index (χ1n) is 6.44. The molecule has 0 aliphatic heterocycles. The van der Waals surface area contributed by atoms with Gasteiger partial charge in [0.15, 0.2) is 5.82 Å². The van der Waals surface area contributed by atoms with E-state index in [2.05, 4.69) is 51.7 Å². The predicted octanol–water partition coefficient (Wildman–Crippen LogP) is 2.01. The van der Waals surface area contributed by atoms with Crippen LogP contribution in [-0.2, 0) is 19.4 Å². The van der Waals surface area contributed by atoms with Gasteiger partial charge in [-0.15, -0.1) is 0 Å². The molecule has 2 N–H and O–H groups in total. The van der Waals surface area contributed by atoms with Crippen LogP contribution in [0.4, 0.5) is 0 Å². The number of rotatable bonds is 6. The van der Waals surface area contributed by atoms with Crippen LogP contribution in [0.25, 0.3) is 0 Å². The smallest absolute Gasteiger partial charge is 0.151 e. The highest BCUT2D eigenvalue weighted by atomic mass is 15.2. The molecule has 1 aromatic carbocycles. The second-order valence-electron chi connectivity index (χ2n) is 4.43. The number of nitrogens with zero attached hydrogens (tertiary/aromatic N) is 2. The van der Waals surface area contributed by atoms with Crippen LogP contribution < -0.4 is 5.32 Å². The molecular weight excluding hydrogens is 224 g/mol. The summed E-state index contributed by atoms with van der Waals surface area (Å²) in [7, 11) is 0. The summed E-state index contributed by atoms with van der Waals surface area (Å²) in [6.07, 6.45) is 1.95. The van der Waals surface area contributed by atoms with Gasteiger partial charge in [0, 0.05) is 19.5 Å². The first kappa shape index (κ1) is 12.8. The molecule has 0 spiro atoms. The van der Waals surface area contributed by atoms with Gasteiger partial charge >= 0.3 is 0 Å². The van der Waals surface area contributed by atoms with Crippen molar-refractivity contribution in [3.05, 3.63) is 47.0 Å². The minimum atomic E-state index is 0.859. The molecular formula is C14H20N4. The van der Waals surface area contributed by atoms with Crippen LogP contribution in [0.15, 0.2) is 24.3 Å². The zero-order valence-corrected chi connectivity index (χ0v) is 11.0. The van der Waals surface area contributed by atoms with Gasteiger partial charge < -0.3 is 5.32 Å². The third kappa shape index (κ3) is 3.67. The van der Waals surface area contributed by atoms with Gasteiger partial charge in [-0.25, -0.2) is 4.98 Å². The van der Waals surface area contributed by atoms with Crippen molar-refractivity contribution in [1.82, 2.24) is 20.5 Å². The van der Waals surface area contributed by atoms with Crippen LogP contribution in [0.2, 0.25) is 0 Å². The van der Waals surface area contributed by atoms with Crippen LogP contribution in [0.3, 0.4) is 0 Å². The molecule has 0 aliphatic carbocycles. The number of aromatic nitrogens is 3. The van der Waals surface area contributed by atoms with Crippen molar-refractivity contribution in [2.45, 2.75) is 33.2 Å². The number of hydrogen-bond acceptors (Lipinski definition) is 3. The molecule has 1 heterocycles. The maximum absolute atomic E-state index is 4.27.